The van der Waals surface area contributed by atoms with Crippen molar-refractivity contribution in [3.05, 3.63) is 75.4 Å². The lowest BCUT2D eigenvalue weighted by Gasteiger charge is -2.36. The van der Waals surface area contributed by atoms with Gasteiger partial charge in [0.1, 0.15) is 5.75 Å². The molecule has 0 spiro atoms. The van der Waals surface area contributed by atoms with E-state index < -0.39 is 0 Å². The van der Waals surface area contributed by atoms with Crippen LogP contribution in [0.4, 0.5) is 11.4 Å². The van der Waals surface area contributed by atoms with Crippen molar-refractivity contribution >= 4 is 63.5 Å². The average Bonchev–Trinajstić information content (AvgIpc) is 3.39. The molecule has 2 N–H and O–H groups in total. The molecule has 1 aliphatic rings. The summed E-state index contributed by atoms with van der Waals surface area (Å²) in [5.74, 6) is 0.422. The molecule has 2 aromatic carbocycles. The minimum Gasteiger partial charge on any atom is -0.497 e. The second-order valence-electron chi connectivity index (χ2n) is 7.56. The van der Waals surface area contributed by atoms with Crippen molar-refractivity contribution in [3.8, 4) is 5.75 Å². The van der Waals surface area contributed by atoms with Crippen molar-refractivity contribution < 1.29 is 14.3 Å². The molecule has 2 heterocycles. The summed E-state index contributed by atoms with van der Waals surface area (Å²) in [4.78, 5) is 29.7. The van der Waals surface area contributed by atoms with Crippen LogP contribution in [0, 0.1) is 0 Å². The summed E-state index contributed by atoms with van der Waals surface area (Å²) in [5, 5.41) is 8.30. The Morgan fingerprint density at radius 2 is 1.79 bits per heavy atom. The lowest BCUT2D eigenvalue weighted by molar-refractivity contribution is 0.0751. The number of halogens is 1. The topological polar surface area (TPSA) is 73.9 Å². The molecule has 0 atom stereocenters. The van der Waals surface area contributed by atoms with Gasteiger partial charge in [0.15, 0.2) is 5.11 Å². The predicted octanol–water partition coefficient (Wildman–Crippen LogP) is 4.50. The molecule has 2 amide bonds. The van der Waals surface area contributed by atoms with Crippen LogP contribution in [-0.4, -0.2) is 55.1 Å². The number of amides is 2. The molecule has 34 heavy (non-hydrogen) atoms. The molecule has 3 aromatic rings. The van der Waals surface area contributed by atoms with Gasteiger partial charge in [-0.25, -0.2) is 0 Å². The monoisotopic (exact) mass is 514 g/mol. The SMILES string of the molecule is COc1ccc(C(=O)NC(=S)Nc2ccc(N3CCN(C(=O)c4cccs4)CC3)c(Cl)c2)cc1. The van der Waals surface area contributed by atoms with Gasteiger partial charge in [0, 0.05) is 37.4 Å². The van der Waals surface area contributed by atoms with Gasteiger partial charge in [0.05, 0.1) is 22.7 Å². The number of carbonyl (C=O) groups is 2. The Morgan fingerprint density at radius 3 is 2.41 bits per heavy atom. The minimum atomic E-state index is -0.321. The van der Waals surface area contributed by atoms with E-state index in [9.17, 15) is 9.59 Å². The smallest absolute Gasteiger partial charge is 0.264 e. The highest BCUT2D eigenvalue weighted by molar-refractivity contribution is 7.80. The third-order valence-corrected chi connectivity index (χ3v) is 6.79. The van der Waals surface area contributed by atoms with Gasteiger partial charge in [-0.3, -0.25) is 14.9 Å². The number of nitrogens with zero attached hydrogens (tertiary/aromatic N) is 2. The van der Waals surface area contributed by atoms with Crippen molar-refractivity contribution in [1.82, 2.24) is 10.2 Å². The lowest BCUT2D eigenvalue weighted by atomic mass is 10.2. The Balaban J connectivity index is 1.31. The Kier molecular flexibility index (Phi) is 7.66. The Bertz CT molecular complexity index is 1180. The number of benzene rings is 2. The van der Waals surface area contributed by atoms with E-state index >= 15 is 0 Å². The summed E-state index contributed by atoms with van der Waals surface area (Å²) in [5.41, 5.74) is 2.03. The van der Waals surface area contributed by atoms with Gasteiger partial charge in [-0.1, -0.05) is 17.7 Å². The summed E-state index contributed by atoms with van der Waals surface area (Å²) in [6.45, 7) is 2.66. The number of rotatable bonds is 5. The highest BCUT2D eigenvalue weighted by Gasteiger charge is 2.24. The highest BCUT2D eigenvalue weighted by atomic mass is 35.5. The van der Waals surface area contributed by atoms with Crippen molar-refractivity contribution in [2.24, 2.45) is 0 Å². The number of thiocarbonyl (C=S) groups is 1. The van der Waals surface area contributed by atoms with Gasteiger partial charge in [-0.2, -0.15) is 0 Å². The molecular formula is C24H23ClN4O3S2. The van der Waals surface area contributed by atoms with Crippen LogP contribution in [0.2, 0.25) is 5.02 Å². The summed E-state index contributed by atoms with van der Waals surface area (Å²) >= 11 is 13.3. The van der Waals surface area contributed by atoms with Gasteiger partial charge in [-0.05, 0) is 66.1 Å². The van der Waals surface area contributed by atoms with E-state index in [2.05, 4.69) is 15.5 Å². The first-order valence-electron chi connectivity index (χ1n) is 10.6. The molecule has 0 radical (unpaired) electrons. The van der Waals surface area contributed by atoms with E-state index in [1.54, 1.807) is 37.4 Å². The molecule has 0 bridgehead atoms. The van der Waals surface area contributed by atoms with E-state index in [1.165, 1.54) is 11.3 Å². The van der Waals surface area contributed by atoms with Gasteiger partial charge in [-0.15, -0.1) is 11.3 Å². The number of hydrogen-bond donors (Lipinski definition) is 2. The molecule has 0 aliphatic carbocycles. The van der Waals surface area contributed by atoms with Crippen LogP contribution >= 0.6 is 35.2 Å². The van der Waals surface area contributed by atoms with Gasteiger partial charge >= 0.3 is 0 Å². The van der Waals surface area contributed by atoms with Crippen LogP contribution in [0.5, 0.6) is 5.75 Å². The normalized spacial score (nSPS) is 13.4. The summed E-state index contributed by atoms with van der Waals surface area (Å²) in [6.07, 6.45) is 0. The molecule has 4 rings (SSSR count). The first-order valence-corrected chi connectivity index (χ1v) is 12.2. The van der Waals surface area contributed by atoms with Crippen molar-refractivity contribution in [1.29, 1.82) is 0 Å². The zero-order valence-electron chi connectivity index (χ0n) is 18.4. The number of piperazine rings is 1. The fraction of sp³-hybridized carbons (Fsp3) is 0.208. The maximum Gasteiger partial charge on any atom is 0.264 e. The molecule has 1 fully saturated rings. The fourth-order valence-electron chi connectivity index (χ4n) is 3.63. The number of hydrogen-bond acceptors (Lipinski definition) is 6. The first-order chi connectivity index (χ1) is 16.4. The third kappa shape index (κ3) is 5.67. The van der Waals surface area contributed by atoms with Crippen LogP contribution in [0.1, 0.15) is 20.0 Å². The second-order valence-corrected chi connectivity index (χ2v) is 9.32. The molecule has 176 valence electrons. The average molecular weight is 515 g/mol. The maximum absolute atomic E-state index is 12.5. The summed E-state index contributed by atoms with van der Waals surface area (Å²) in [7, 11) is 1.57. The molecule has 7 nitrogen and oxygen atoms in total. The van der Waals surface area contributed by atoms with Gasteiger partial charge in [0.2, 0.25) is 0 Å². The molecule has 1 saturated heterocycles. The highest BCUT2D eigenvalue weighted by Crippen LogP contribution is 2.30. The molecular weight excluding hydrogens is 492 g/mol. The molecule has 1 aromatic heterocycles. The van der Waals surface area contributed by atoms with Crippen molar-refractivity contribution in [2.45, 2.75) is 0 Å². The largest absolute Gasteiger partial charge is 0.497 e. The van der Waals surface area contributed by atoms with Crippen LogP contribution in [-0.2, 0) is 0 Å². The molecule has 0 unspecified atom stereocenters. The fourth-order valence-corrected chi connectivity index (χ4v) is 4.83. The number of carbonyl (C=O) groups excluding carboxylic acids is 2. The Hall–Kier alpha value is -3.14. The summed E-state index contributed by atoms with van der Waals surface area (Å²) in [6, 6.07) is 16.0. The van der Waals surface area contributed by atoms with Gasteiger partial charge in [0.25, 0.3) is 11.8 Å². The third-order valence-electron chi connectivity index (χ3n) is 5.42. The number of nitrogens with one attached hydrogen (secondary N) is 2. The number of anilines is 2. The first kappa shape index (κ1) is 24.0. The maximum atomic E-state index is 12.5. The van der Waals surface area contributed by atoms with Gasteiger partial charge < -0.3 is 19.9 Å². The van der Waals surface area contributed by atoms with Crippen LogP contribution in [0.3, 0.4) is 0 Å². The van der Waals surface area contributed by atoms with Crippen LogP contribution in [0.15, 0.2) is 60.0 Å². The van der Waals surface area contributed by atoms with E-state index in [1.807, 2.05) is 34.5 Å². The Labute approximate surface area is 212 Å². The van der Waals surface area contributed by atoms with E-state index in [0.29, 0.717) is 48.2 Å². The zero-order chi connectivity index (χ0) is 24.1. The molecule has 0 saturated carbocycles. The van der Waals surface area contributed by atoms with Crippen molar-refractivity contribution in [2.75, 3.05) is 43.5 Å². The lowest BCUT2D eigenvalue weighted by Crippen LogP contribution is -2.48. The molecule has 1 aliphatic heterocycles. The number of thiophene rings is 1. The van der Waals surface area contributed by atoms with E-state index in [4.69, 9.17) is 28.6 Å². The quantitative estimate of drug-likeness (QED) is 0.488. The number of ether oxygens (including phenoxy) is 1. The summed E-state index contributed by atoms with van der Waals surface area (Å²) < 4.78 is 5.10. The standard InChI is InChI=1S/C24H23ClN4O3S2/c1-32-18-7-4-16(5-8-18)22(30)27-24(33)26-17-6-9-20(19(25)15-17)28-10-12-29(13-11-28)23(31)21-3-2-14-34-21/h2-9,14-15H,10-13H2,1H3,(H2,26,27,30,33). The predicted molar refractivity (Wildman–Crippen MR) is 141 cm³/mol. The van der Waals surface area contributed by atoms with Crippen molar-refractivity contribution in [3.63, 3.8) is 0 Å². The zero-order valence-corrected chi connectivity index (χ0v) is 20.8. The van der Waals surface area contributed by atoms with Crippen LogP contribution in [0.25, 0.3) is 0 Å². The Morgan fingerprint density at radius 1 is 1.06 bits per heavy atom. The van der Waals surface area contributed by atoms with E-state index in [0.717, 1.165) is 10.6 Å². The minimum absolute atomic E-state index is 0.0745. The molecule has 10 heteroatoms. The number of methoxy groups -OCH3 is 1. The van der Waals surface area contributed by atoms with E-state index in [-0.39, 0.29) is 16.9 Å². The second kappa shape index (κ2) is 10.9. The van der Waals surface area contributed by atoms with Crippen LogP contribution < -0.4 is 20.3 Å².